The van der Waals surface area contributed by atoms with Crippen LogP contribution in [0.5, 0.6) is 11.5 Å². The van der Waals surface area contributed by atoms with Gasteiger partial charge in [-0.15, -0.1) is 0 Å². The van der Waals surface area contributed by atoms with Crippen molar-refractivity contribution in [2.45, 2.75) is 13.5 Å². The van der Waals surface area contributed by atoms with Crippen LogP contribution >= 0.6 is 23.2 Å². The van der Waals surface area contributed by atoms with Gasteiger partial charge in [0.1, 0.15) is 18.2 Å². The number of hydrogen-bond acceptors (Lipinski definition) is 4. The van der Waals surface area contributed by atoms with E-state index in [0.717, 1.165) is 5.56 Å². The van der Waals surface area contributed by atoms with Crippen LogP contribution < -0.4 is 15.2 Å². The van der Waals surface area contributed by atoms with Crippen molar-refractivity contribution in [2.75, 3.05) is 6.61 Å². The van der Waals surface area contributed by atoms with Crippen molar-refractivity contribution in [2.24, 2.45) is 5.73 Å². The molecule has 0 unspecified atom stereocenters. The maximum atomic E-state index is 11.2. The molecule has 2 aromatic carbocycles. The minimum atomic E-state index is -0.787. The molecule has 0 aromatic heterocycles. The molecule has 2 aromatic rings. The van der Waals surface area contributed by atoms with Crippen molar-refractivity contribution >= 4 is 35.2 Å². The number of halogens is 2. The Balaban J connectivity index is 2.24. The summed E-state index contributed by atoms with van der Waals surface area (Å²) in [4.78, 5) is 11.2. The van der Waals surface area contributed by atoms with E-state index in [4.69, 9.17) is 43.7 Å². The standard InChI is InChI=1S/C19H16Cl2N2O3/c1-2-25-18-9-12(7-14(10-22)19(23)24)4-6-17(18)26-11-13-3-5-15(20)16(21)8-13/h3-9H,2,11H2,1H3,(H2,23,24)/b14-7-. The lowest BCUT2D eigenvalue weighted by Crippen LogP contribution is -2.12. The summed E-state index contributed by atoms with van der Waals surface area (Å²) >= 11 is 11.9. The van der Waals surface area contributed by atoms with E-state index in [2.05, 4.69) is 0 Å². The average molecular weight is 391 g/mol. The van der Waals surface area contributed by atoms with Gasteiger partial charge in [0.15, 0.2) is 11.5 Å². The van der Waals surface area contributed by atoms with Crippen LogP contribution in [0.3, 0.4) is 0 Å². The van der Waals surface area contributed by atoms with E-state index in [-0.39, 0.29) is 12.2 Å². The van der Waals surface area contributed by atoms with Gasteiger partial charge in [-0.2, -0.15) is 5.26 Å². The summed E-state index contributed by atoms with van der Waals surface area (Å²) in [5, 5.41) is 9.87. The summed E-state index contributed by atoms with van der Waals surface area (Å²) in [5.41, 5.74) is 6.46. The third-order valence-electron chi connectivity index (χ3n) is 3.34. The highest BCUT2D eigenvalue weighted by Crippen LogP contribution is 2.31. The second-order valence-corrected chi connectivity index (χ2v) is 6.02. The molecular formula is C19H16Cl2N2O3. The minimum absolute atomic E-state index is 0.142. The zero-order chi connectivity index (χ0) is 19.1. The van der Waals surface area contributed by atoms with E-state index in [1.165, 1.54) is 6.08 Å². The van der Waals surface area contributed by atoms with Crippen molar-refractivity contribution in [1.29, 1.82) is 5.26 Å². The van der Waals surface area contributed by atoms with Gasteiger partial charge >= 0.3 is 0 Å². The Morgan fingerprint density at radius 1 is 1.15 bits per heavy atom. The number of carbonyl (C=O) groups excluding carboxylic acids is 1. The summed E-state index contributed by atoms with van der Waals surface area (Å²) in [6.07, 6.45) is 1.40. The fourth-order valence-corrected chi connectivity index (χ4v) is 2.44. The van der Waals surface area contributed by atoms with E-state index in [1.54, 1.807) is 36.4 Å². The first-order valence-electron chi connectivity index (χ1n) is 7.69. The molecule has 0 aliphatic carbocycles. The quantitative estimate of drug-likeness (QED) is 0.561. The number of nitriles is 1. The van der Waals surface area contributed by atoms with Crippen molar-refractivity contribution in [3.8, 4) is 17.6 Å². The molecular weight excluding hydrogens is 375 g/mol. The molecule has 0 atom stereocenters. The lowest BCUT2D eigenvalue weighted by molar-refractivity contribution is -0.114. The van der Waals surface area contributed by atoms with Gasteiger partial charge in [0.05, 0.1) is 16.7 Å². The van der Waals surface area contributed by atoms with E-state index >= 15 is 0 Å². The molecule has 2 N–H and O–H groups in total. The molecule has 1 amide bonds. The number of primary amides is 1. The topological polar surface area (TPSA) is 85.3 Å². The Labute approximate surface area is 161 Å². The lowest BCUT2D eigenvalue weighted by atomic mass is 10.1. The fraction of sp³-hybridized carbons (Fsp3) is 0.158. The highest BCUT2D eigenvalue weighted by Gasteiger charge is 2.09. The highest BCUT2D eigenvalue weighted by atomic mass is 35.5. The van der Waals surface area contributed by atoms with Crippen LogP contribution in [0.1, 0.15) is 18.1 Å². The maximum Gasteiger partial charge on any atom is 0.259 e. The maximum absolute atomic E-state index is 11.2. The van der Waals surface area contributed by atoms with Crippen LogP contribution in [0, 0.1) is 11.3 Å². The predicted octanol–water partition coefficient (Wildman–Crippen LogP) is 4.36. The van der Waals surface area contributed by atoms with E-state index in [1.807, 2.05) is 13.0 Å². The Morgan fingerprint density at radius 2 is 1.92 bits per heavy atom. The molecule has 5 nitrogen and oxygen atoms in total. The molecule has 0 bridgehead atoms. The first kappa shape index (κ1) is 19.6. The van der Waals surface area contributed by atoms with Gasteiger partial charge in [-0.3, -0.25) is 4.79 Å². The molecule has 0 aliphatic heterocycles. The summed E-state index contributed by atoms with van der Waals surface area (Å²) in [6.45, 7) is 2.55. The molecule has 134 valence electrons. The first-order chi connectivity index (χ1) is 12.4. The molecule has 26 heavy (non-hydrogen) atoms. The number of nitrogens with two attached hydrogens (primary N) is 1. The molecule has 7 heteroatoms. The SMILES string of the molecule is CCOc1cc(/C=C(/C#N)C(N)=O)ccc1OCc1ccc(Cl)c(Cl)c1. The number of amides is 1. The Morgan fingerprint density at radius 3 is 2.54 bits per heavy atom. The summed E-state index contributed by atoms with van der Waals surface area (Å²) in [7, 11) is 0. The van der Waals surface area contributed by atoms with Gasteiger partial charge < -0.3 is 15.2 Å². The molecule has 0 heterocycles. The predicted molar refractivity (Wildman–Crippen MR) is 101 cm³/mol. The molecule has 0 saturated carbocycles. The van der Waals surface area contributed by atoms with Crippen LogP contribution in [-0.2, 0) is 11.4 Å². The molecule has 0 aliphatic rings. The Hall–Kier alpha value is -2.68. The molecule has 2 rings (SSSR count). The number of hydrogen-bond donors (Lipinski definition) is 1. The molecule has 0 spiro atoms. The fourth-order valence-electron chi connectivity index (χ4n) is 2.12. The van der Waals surface area contributed by atoms with Crippen LogP contribution in [0.25, 0.3) is 6.08 Å². The van der Waals surface area contributed by atoms with Crippen LogP contribution in [-0.4, -0.2) is 12.5 Å². The van der Waals surface area contributed by atoms with Crippen molar-refractivity contribution in [3.05, 3.63) is 63.1 Å². The monoisotopic (exact) mass is 390 g/mol. The van der Waals surface area contributed by atoms with Gasteiger partial charge in [-0.05, 0) is 48.4 Å². The van der Waals surface area contributed by atoms with Gasteiger partial charge in [-0.1, -0.05) is 35.3 Å². The number of benzene rings is 2. The third-order valence-corrected chi connectivity index (χ3v) is 4.08. The van der Waals surface area contributed by atoms with Gasteiger partial charge in [-0.25, -0.2) is 0 Å². The summed E-state index contributed by atoms with van der Waals surface area (Å²) < 4.78 is 11.4. The van der Waals surface area contributed by atoms with Crippen molar-refractivity contribution in [3.63, 3.8) is 0 Å². The first-order valence-corrected chi connectivity index (χ1v) is 8.45. The zero-order valence-electron chi connectivity index (χ0n) is 14.0. The summed E-state index contributed by atoms with van der Waals surface area (Å²) in [5.74, 6) is 0.223. The highest BCUT2D eigenvalue weighted by molar-refractivity contribution is 6.42. The molecule has 0 saturated heterocycles. The van der Waals surface area contributed by atoms with Gasteiger partial charge in [0.25, 0.3) is 5.91 Å². The second-order valence-electron chi connectivity index (χ2n) is 5.21. The zero-order valence-corrected chi connectivity index (χ0v) is 15.5. The van der Waals surface area contributed by atoms with E-state index in [9.17, 15) is 4.79 Å². The van der Waals surface area contributed by atoms with Gasteiger partial charge in [0, 0.05) is 0 Å². The van der Waals surface area contributed by atoms with Gasteiger partial charge in [0.2, 0.25) is 0 Å². The normalized spacial score (nSPS) is 10.9. The Bertz CT molecular complexity index is 889. The average Bonchev–Trinajstić information content (AvgIpc) is 2.61. The molecule has 0 fully saturated rings. The largest absolute Gasteiger partial charge is 0.490 e. The minimum Gasteiger partial charge on any atom is -0.490 e. The van der Waals surface area contributed by atoms with Crippen LogP contribution in [0.4, 0.5) is 0 Å². The smallest absolute Gasteiger partial charge is 0.259 e. The van der Waals surface area contributed by atoms with Crippen LogP contribution in [0.2, 0.25) is 10.0 Å². The van der Waals surface area contributed by atoms with Crippen molar-refractivity contribution in [1.82, 2.24) is 0 Å². The number of nitrogens with zero attached hydrogens (tertiary/aromatic N) is 1. The van der Waals surface area contributed by atoms with E-state index in [0.29, 0.717) is 33.7 Å². The Kier molecular flexibility index (Phi) is 6.90. The summed E-state index contributed by atoms with van der Waals surface area (Å²) in [6, 6.07) is 12.1. The second kappa shape index (κ2) is 9.14. The van der Waals surface area contributed by atoms with Crippen molar-refractivity contribution < 1.29 is 14.3 Å². The molecule has 0 radical (unpaired) electrons. The lowest BCUT2D eigenvalue weighted by Gasteiger charge is -2.13. The third kappa shape index (κ3) is 5.16. The van der Waals surface area contributed by atoms with Crippen LogP contribution in [0.15, 0.2) is 42.0 Å². The number of rotatable bonds is 7. The van der Waals surface area contributed by atoms with E-state index < -0.39 is 5.91 Å². The number of carbonyl (C=O) groups is 1. The number of ether oxygens (including phenoxy) is 2.